The Bertz CT molecular complexity index is 2490. The second-order valence-corrected chi connectivity index (χ2v) is 12.1. The van der Waals surface area contributed by atoms with Gasteiger partial charge in [-0.05, 0) is 48.5 Å². The zero-order chi connectivity index (χ0) is 41.5. The average Bonchev–Trinajstić information content (AvgIpc) is 3.79. The van der Waals surface area contributed by atoms with Gasteiger partial charge in [0.15, 0.2) is 0 Å². The van der Waals surface area contributed by atoms with Crippen LogP contribution in [0.15, 0.2) is 128 Å². The van der Waals surface area contributed by atoms with Crippen LogP contribution in [0.3, 0.4) is 0 Å². The first kappa shape index (κ1) is 40.1. The monoisotopic (exact) mass is 804 g/mol. The van der Waals surface area contributed by atoms with Crippen molar-refractivity contribution in [1.82, 2.24) is 29.5 Å². The summed E-state index contributed by atoms with van der Waals surface area (Å²) >= 11 is 0. The van der Waals surface area contributed by atoms with E-state index in [4.69, 9.17) is 15.2 Å². The number of amides is 1. The predicted molar refractivity (Wildman–Crippen MR) is 198 cm³/mol. The van der Waals surface area contributed by atoms with Gasteiger partial charge in [0.05, 0.1) is 23.8 Å². The SMILES string of the molecule is Cn1cc(-c2cc(Oc3cccc(N)c3)ccn2)cn1.Cn1cc(-c2cc(Oc3cccc(NC(=O)c4cc(OC(F)(F)F)cc(OC(F)(F)F)c4)c3)ccn2)cn1. The van der Waals surface area contributed by atoms with E-state index in [-0.39, 0.29) is 11.4 Å². The number of halogens is 6. The van der Waals surface area contributed by atoms with E-state index in [9.17, 15) is 31.1 Å². The van der Waals surface area contributed by atoms with Crippen molar-refractivity contribution in [3.8, 4) is 57.0 Å². The molecular weight excluding hydrogens is 774 g/mol. The fourth-order valence-corrected chi connectivity index (χ4v) is 5.15. The molecule has 7 aromatic rings. The van der Waals surface area contributed by atoms with Gasteiger partial charge in [-0.2, -0.15) is 10.2 Å². The number of carbonyl (C=O) groups is 1. The minimum Gasteiger partial charge on any atom is -0.457 e. The first-order valence-electron chi connectivity index (χ1n) is 16.7. The summed E-state index contributed by atoms with van der Waals surface area (Å²) in [7, 11) is 3.63. The molecule has 0 saturated carbocycles. The van der Waals surface area contributed by atoms with Crippen LogP contribution < -0.4 is 30.0 Å². The molecule has 0 aliphatic carbocycles. The van der Waals surface area contributed by atoms with E-state index in [1.807, 2.05) is 43.6 Å². The highest BCUT2D eigenvalue weighted by atomic mass is 19.4. The van der Waals surface area contributed by atoms with Crippen LogP contribution in [0.1, 0.15) is 10.4 Å². The van der Waals surface area contributed by atoms with Crippen molar-refractivity contribution in [3.05, 3.63) is 134 Å². The molecule has 0 aliphatic rings. The van der Waals surface area contributed by atoms with Crippen molar-refractivity contribution in [2.45, 2.75) is 12.7 Å². The third kappa shape index (κ3) is 11.7. The normalized spacial score (nSPS) is 11.2. The summed E-state index contributed by atoms with van der Waals surface area (Å²) < 4.78 is 98.1. The van der Waals surface area contributed by atoms with Gasteiger partial charge in [0.1, 0.15) is 34.5 Å². The minimum absolute atomic E-state index is 0.148. The highest BCUT2D eigenvalue weighted by Crippen LogP contribution is 2.33. The van der Waals surface area contributed by atoms with Crippen molar-refractivity contribution in [1.29, 1.82) is 0 Å². The van der Waals surface area contributed by atoms with Gasteiger partial charge in [-0.1, -0.05) is 12.1 Å². The Morgan fingerprint density at radius 2 is 1.10 bits per heavy atom. The third-order valence-electron chi connectivity index (χ3n) is 7.49. The van der Waals surface area contributed by atoms with Crippen LogP contribution in [-0.4, -0.2) is 48.2 Å². The molecule has 0 atom stereocenters. The number of nitrogens with one attached hydrogen (secondary N) is 1. The number of ether oxygens (including phenoxy) is 4. The maximum atomic E-state index is 12.7. The molecule has 4 heterocycles. The molecule has 0 bridgehead atoms. The van der Waals surface area contributed by atoms with Crippen LogP contribution >= 0.6 is 0 Å². The number of aromatic nitrogens is 6. The van der Waals surface area contributed by atoms with Gasteiger partial charge in [0.2, 0.25) is 0 Å². The van der Waals surface area contributed by atoms with E-state index in [1.54, 1.807) is 65.5 Å². The van der Waals surface area contributed by atoms with Crippen molar-refractivity contribution >= 4 is 17.3 Å². The number of rotatable bonds is 10. The van der Waals surface area contributed by atoms with E-state index in [0.29, 0.717) is 46.8 Å². The minimum atomic E-state index is -5.21. The van der Waals surface area contributed by atoms with Crippen LogP contribution in [-0.2, 0) is 14.1 Å². The number of alkyl halides is 6. The molecule has 3 aromatic carbocycles. The molecule has 0 aliphatic heterocycles. The predicted octanol–water partition coefficient (Wildman–Crippen LogP) is 9.18. The van der Waals surface area contributed by atoms with E-state index < -0.39 is 35.7 Å². The van der Waals surface area contributed by atoms with Crippen LogP contribution in [0.5, 0.6) is 34.5 Å². The van der Waals surface area contributed by atoms with Crippen LogP contribution in [0.4, 0.5) is 37.7 Å². The number of hydrogen-bond donors (Lipinski definition) is 2. The Labute approximate surface area is 325 Å². The number of pyridine rings is 2. The highest BCUT2D eigenvalue weighted by Gasteiger charge is 2.34. The maximum absolute atomic E-state index is 12.7. The maximum Gasteiger partial charge on any atom is 0.573 e. The summed E-state index contributed by atoms with van der Waals surface area (Å²) in [5.74, 6) is -1.05. The summed E-state index contributed by atoms with van der Waals surface area (Å²) in [5, 5.41) is 10.6. The average molecular weight is 805 g/mol. The molecule has 58 heavy (non-hydrogen) atoms. The lowest BCUT2D eigenvalue weighted by atomic mass is 10.1. The molecule has 13 nitrogen and oxygen atoms in total. The van der Waals surface area contributed by atoms with E-state index in [2.05, 4.69) is 35.0 Å². The lowest BCUT2D eigenvalue weighted by Crippen LogP contribution is -2.20. The van der Waals surface area contributed by atoms with Crippen molar-refractivity contribution in [3.63, 3.8) is 0 Å². The molecule has 0 fully saturated rings. The standard InChI is InChI=1S/C24H16F6N4O4.C15H14N4O/c1-34-13-15(12-32-34)21-11-18(5-6-31-21)36-17-4-2-3-16(9-17)33-22(35)14-7-19(37-23(25,26)27)10-20(8-14)38-24(28,29)30;1-19-10-11(9-18-19)15-8-14(5-6-17-15)20-13-4-2-3-12(16)7-13/h2-13H,1H3,(H,33,35);2-10H,16H2,1H3. The third-order valence-corrected chi connectivity index (χ3v) is 7.49. The molecular formula is C39H30F6N8O5. The fraction of sp³-hybridized carbons (Fsp3) is 0.103. The first-order valence-corrected chi connectivity index (χ1v) is 16.7. The topological polar surface area (TPSA) is 153 Å². The summed E-state index contributed by atoms with van der Waals surface area (Å²) in [4.78, 5) is 21.3. The molecule has 1 amide bonds. The Kier molecular flexibility index (Phi) is 11.8. The van der Waals surface area contributed by atoms with E-state index >= 15 is 0 Å². The van der Waals surface area contributed by atoms with Crippen LogP contribution in [0.2, 0.25) is 0 Å². The van der Waals surface area contributed by atoms with Crippen molar-refractivity contribution < 1.29 is 50.1 Å². The Balaban J connectivity index is 0.000000237. The molecule has 298 valence electrons. The number of nitrogens with zero attached hydrogens (tertiary/aromatic N) is 6. The van der Waals surface area contributed by atoms with Gasteiger partial charge in [-0.15, -0.1) is 26.3 Å². The summed E-state index contributed by atoms with van der Waals surface area (Å²) in [6.45, 7) is 0. The number of anilines is 2. The number of nitrogens with two attached hydrogens (primary N) is 1. The summed E-state index contributed by atoms with van der Waals surface area (Å²) in [6, 6.07) is 21.8. The van der Waals surface area contributed by atoms with Gasteiger partial charge >= 0.3 is 12.7 Å². The van der Waals surface area contributed by atoms with Crippen LogP contribution in [0.25, 0.3) is 22.5 Å². The number of aryl methyl sites for hydroxylation is 2. The van der Waals surface area contributed by atoms with Gasteiger partial charge in [-0.3, -0.25) is 24.1 Å². The molecule has 0 unspecified atom stereocenters. The van der Waals surface area contributed by atoms with Crippen molar-refractivity contribution in [2.75, 3.05) is 11.1 Å². The molecule has 0 spiro atoms. The lowest BCUT2D eigenvalue weighted by Gasteiger charge is -2.14. The zero-order valence-corrected chi connectivity index (χ0v) is 30.2. The van der Waals surface area contributed by atoms with Gasteiger partial charge in [0.25, 0.3) is 5.91 Å². The van der Waals surface area contributed by atoms with E-state index in [0.717, 1.165) is 16.8 Å². The summed E-state index contributed by atoms with van der Waals surface area (Å²) in [5.41, 5.74) is 9.09. The number of carbonyl (C=O) groups excluding carboxylic acids is 1. The molecule has 7 rings (SSSR count). The molecule has 0 saturated heterocycles. The van der Waals surface area contributed by atoms with Gasteiger partial charge in [-0.25, -0.2) is 0 Å². The van der Waals surface area contributed by atoms with Gasteiger partial charge in [0, 0.05) is 97.3 Å². The van der Waals surface area contributed by atoms with Crippen LogP contribution in [0, 0.1) is 0 Å². The Morgan fingerprint density at radius 1 is 0.621 bits per heavy atom. The smallest absolute Gasteiger partial charge is 0.457 e. The zero-order valence-electron chi connectivity index (χ0n) is 30.2. The van der Waals surface area contributed by atoms with Crippen molar-refractivity contribution in [2.24, 2.45) is 14.1 Å². The quantitative estimate of drug-likeness (QED) is 0.101. The second-order valence-electron chi connectivity index (χ2n) is 12.1. The fourth-order valence-electron chi connectivity index (χ4n) is 5.15. The largest absolute Gasteiger partial charge is 0.573 e. The molecule has 0 radical (unpaired) electrons. The molecule has 3 N–H and O–H groups in total. The Hall–Kier alpha value is -7.57. The Morgan fingerprint density at radius 3 is 1.57 bits per heavy atom. The first-order chi connectivity index (χ1) is 27.5. The second kappa shape index (κ2) is 17.1. The highest BCUT2D eigenvalue weighted by molar-refractivity contribution is 6.04. The lowest BCUT2D eigenvalue weighted by molar-refractivity contribution is -0.276. The number of benzene rings is 3. The molecule has 19 heteroatoms. The molecule has 4 aromatic heterocycles. The number of hydrogen-bond acceptors (Lipinski definition) is 10. The van der Waals surface area contributed by atoms with Gasteiger partial charge < -0.3 is 30.0 Å². The number of nitrogen functional groups attached to an aromatic ring is 1. The summed E-state index contributed by atoms with van der Waals surface area (Å²) in [6.07, 6.45) is -0.103. The van der Waals surface area contributed by atoms with E-state index in [1.165, 1.54) is 24.4 Å².